The maximum Gasteiger partial charge on any atom is 0.407 e. The highest BCUT2D eigenvalue weighted by atomic mass is 35.5. The van der Waals surface area contributed by atoms with Crippen LogP contribution in [0.1, 0.15) is 25.0 Å². The molecule has 3 aromatic rings. The van der Waals surface area contributed by atoms with Crippen molar-refractivity contribution in [2.45, 2.75) is 32.8 Å². The fourth-order valence-electron chi connectivity index (χ4n) is 3.49. The van der Waals surface area contributed by atoms with Crippen LogP contribution in [0, 0.1) is 0 Å². The molecule has 4 rings (SSSR count). The van der Waals surface area contributed by atoms with E-state index in [0.717, 1.165) is 27.6 Å². The van der Waals surface area contributed by atoms with Crippen molar-refractivity contribution in [3.8, 4) is 26.9 Å². The third-order valence-corrected chi connectivity index (χ3v) is 6.31. The van der Waals surface area contributed by atoms with Crippen LogP contribution in [0.2, 0.25) is 5.02 Å². The predicted octanol–water partition coefficient (Wildman–Crippen LogP) is 5.39. The van der Waals surface area contributed by atoms with Gasteiger partial charge in [-0.3, -0.25) is 0 Å². The van der Waals surface area contributed by atoms with E-state index < -0.39 is 6.09 Å². The van der Waals surface area contributed by atoms with Crippen LogP contribution in [0.5, 0.6) is 5.75 Å². The van der Waals surface area contributed by atoms with Crippen LogP contribution < -0.4 is 4.74 Å². The third-order valence-electron chi connectivity index (χ3n) is 4.99. The summed E-state index contributed by atoms with van der Waals surface area (Å²) in [5.74, 6) is 0.654. The molecule has 156 valence electrons. The minimum atomic E-state index is -0.861. The van der Waals surface area contributed by atoms with Crippen molar-refractivity contribution in [3.63, 3.8) is 0 Å². The fraction of sp³-hybridized carbons (Fsp3) is 0.318. The van der Waals surface area contributed by atoms with Crippen molar-refractivity contribution in [1.82, 2.24) is 15.1 Å². The van der Waals surface area contributed by atoms with Crippen LogP contribution in [0.3, 0.4) is 0 Å². The van der Waals surface area contributed by atoms with E-state index in [1.54, 1.807) is 0 Å². The molecule has 0 atom stereocenters. The highest BCUT2D eigenvalue weighted by Gasteiger charge is 2.19. The van der Waals surface area contributed by atoms with Crippen LogP contribution in [-0.4, -0.2) is 45.5 Å². The van der Waals surface area contributed by atoms with Crippen LogP contribution in [0.25, 0.3) is 21.1 Å². The molecule has 0 fully saturated rings. The molecular weight excluding hydrogens is 422 g/mol. The number of rotatable bonds is 4. The largest absolute Gasteiger partial charge is 0.489 e. The molecule has 6 nitrogen and oxygen atoms in total. The number of ether oxygens (including phenoxy) is 1. The normalized spacial score (nSPS) is 13.8. The van der Waals surface area contributed by atoms with Gasteiger partial charge in [-0.05, 0) is 62.1 Å². The fourth-order valence-corrected chi connectivity index (χ4v) is 4.55. The number of hydrogen-bond donors (Lipinski definition) is 1. The van der Waals surface area contributed by atoms with Crippen molar-refractivity contribution in [2.75, 3.05) is 13.1 Å². The van der Waals surface area contributed by atoms with E-state index in [4.69, 9.17) is 16.3 Å². The summed E-state index contributed by atoms with van der Waals surface area (Å²) in [6.45, 7) is 4.96. The number of carboxylic acid groups (broad SMARTS) is 1. The first kappa shape index (κ1) is 20.6. The highest BCUT2D eigenvalue weighted by Crippen LogP contribution is 2.35. The maximum absolute atomic E-state index is 11.3. The molecule has 0 saturated carbocycles. The van der Waals surface area contributed by atoms with Crippen molar-refractivity contribution < 1.29 is 14.6 Å². The number of halogens is 1. The minimum Gasteiger partial charge on any atom is -0.489 e. The summed E-state index contributed by atoms with van der Waals surface area (Å²) in [5.41, 5.74) is 4.25. The number of hydrogen-bond acceptors (Lipinski definition) is 5. The number of amides is 1. The van der Waals surface area contributed by atoms with Crippen LogP contribution >= 0.6 is 22.9 Å². The molecule has 1 aromatic heterocycles. The lowest BCUT2D eigenvalue weighted by atomic mass is 10.0. The first-order valence-corrected chi connectivity index (χ1v) is 11.0. The van der Waals surface area contributed by atoms with Gasteiger partial charge in [-0.15, -0.1) is 10.2 Å². The Morgan fingerprint density at radius 2 is 1.70 bits per heavy atom. The van der Waals surface area contributed by atoms with E-state index in [9.17, 15) is 9.90 Å². The summed E-state index contributed by atoms with van der Waals surface area (Å²) in [6.07, 6.45) is 0.623. The Hall–Kier alpha value is -2.64. The molecule has 0 aliphatic carbocycles. The molecule has 0 spiro atoms. The Labute approximate surface area is 184 Å². The number of fused-ring (bicyclic) bond motifs is 1. The Kier molecular flexibility index (Phi) is 5.92. The van der Waals surface area contributed by atoms with E-state index in [0.29, 0.717) is 30.3 Å². The Morgan fingerprint density at radius 3 is 2.33 bits per heavy atom. The van der Waals surface area contributed by atoms with E-state index in [-0.39, 0.29) is 6.10 Å². The van der Waals surface area contributed by atoms with Gasteiger partial charge in [-0.1, -0.05) is 35.1 Å². The molecule has 8 heteroatoms. The minimum absolute atomic E-state index is 0.0530. The Balaban J connectivity index is 1.57. The molecular formula is C22H22ClN3O3S. The topological polar surface area (TPSA) is 75.6 Å². The molecule has 0 radical (unpaired) electrons. The van der Waals surface area contributed by atoms with Gasteiger partial charge < -0.3 is 14.7 Å². The highest BCUT2D eigenvalue weighted by molar-refractivity contribution is 7.17. The van der Waals surface area contributed by atoms with Gasteiger partial charge in [0.25, 0.3) is 0 Å². The average Bonchev–Trinajstić information content (AvgIpc) is 3.09. The molecule has 1 amide bonds. The van der Waals surface area contributed by atoms with Gasteiger partial charge in [-0.25, -0.2) is 4.79 Å². The van der Waals surface area contributed by atoms with Crippen molar-refractivity contribution in [1.29, 1.82) is 0 Å². The van der Waals surface area contributed by atoms with Gasteiger partial charge in [-0.2, -0.15) is 0 Å². The van der Waals surface area contributed by atoms with Crippen molar-refractivity contribution >= 4 is 29.0 Å². The zero-order valence-corrected chi connectivity index (χ0v) is 18.3. The predicted molar refractivity (Wildman–Crippen MR) is 119 cm³/mol. The maximum atomic E-state index is 11.3. The summed E-state index contributed by atoms with van der Waals surface area (Å²) >= 11 is 7.86. The summed E-state index contributed by atoms with van der Waals surface area (Å²) < 4.78 is 5.69. The summed E-state index contributed by atoms with van der Waals surface area (Å²) in [6, 6.07) is 11.9. The molecule has 1 N–H and O–H groups in total. The van der Waals surface area contributed by atoms with Gasteiger partial charge in [0, 0.05) is 24.2 Å². The monoisotopic (exact) mass is 443 g/mol. The molecule has 0 bridgehead atoms. The molecule has 1 aliphatic heterocycles. The van der Waals surface area contributed by atoms with Crippen molar-refractivity contribution in [3.05, 3.63) is 52.5 Å². The van der Waals surface area contributed by atoms with Gasteiger partial charge in [0.05, 0.1) is 11.1 Å². The Morgan fingerprint density at radius 1 is 1.07 bits per heavy atom. The molecule has 2 aromatic carbocycles. The Bertz CT molecular complexity index is 1080. The van der Waals surface area contributed by atoms with E-state index in [1.165, 1.54) is 27.4 Å². The van der Waals surface area contributed by atoms with E-state index in [1.807, 2.05) is 38.1 Å². The summed E-state index contributed by atoms with van der Waals surface area (Å²) in [7, 11) is 0. The zero-order valence-electron chi connectivity index (χ0n) is 16.8. The molecule has 0 unspecified atom stereocenters. The number of aromatic nitrogens is 2. The van der Waals surface area contributed by atoms with Crippen molar-refractivity contribution in [2.24, 2.45) is 0 Å². The number of nitrogens with zero attached hydrogens (tertiary/aromatic N) is 3. The van der Waals surface area contributed by atoms with Gasteiger partial charge >= 0.3 is 6.09 Å². The summed E-state index contributed by atoms with van der Waals surface area (Å²) in [5, 5.41) is 20.1. The van der Waals surface area contributed by atoms with Gasteiger partial charge in [0.1, 0.15) is 15.8 Å². The average molecular weight is 444 g/mol. The second kappa shape index (κ2) is 8.62. The first-order chi connectivity index (χ1) is 14.4. The molecule has 1 aliphatic rings. The quantitative estimate of drug-likeness (QED) is 0.584. The number of benzene rings is 2. The lowest BCUT2D eigenvalue weighted by Crippen LogP contribution is -2.31. The van der Waals surface area contributed by atoms with E-state index in [2.05, 4.69) is 22.3 Å². The first-order valence-electron chi connectivity index (χ1n) is 9.81. The van der Waals surface area contributed by atoms with Gasteiger partial charge in [0.2, 0.25) is 0 Å². The third kappa shape index (κ3) is 4.42. The molecule has 30 heavy (non-hydrogen) atoms. The van der Waals surface area contributed by atoms with E-state index >= 15 is 0 Å². The van der Waals surface area contributed by atoms with Crippen LogP contribution in [-0.2, 0) is 12.8 Å². The smallest absolute Gasteiger partial charge is 0.407 e. The lowest BCUT2D eigenvalue weighted by molar-refractivity contribution is 0.147. The molecule has 2 heterocycles. The summed E-state index contributed by atoms with van der Waals surface area (Å²) in [4.78, 5) is 12.7. The second-order valence-corrected chi connectivity index (χ2v) is 8.86. The standard InChI is InChI=1S/C22H22ClN3O3S/c1-13(2)29-19-6-5-17(12-18(19)23)21-25-24-20(30-21)16-4-3-14-7-9-26(22(27)28)10-8-15(14)11-16/h3-6,11-13H,7-10H2,1-2H3,(H,27,28). The second-order valence-electron chi connectivity index (χ2n) is 7.48. The SMILES string of the molecule is CC(C)Oc1ccc(-c2nnc(-c3ccc4c(c3)CCN(C(=O)O)CC4)s2)cc1Cl. The molecule has 0 saturated heterocycles. The lowest BCUT2D eigenvalue weighted by Gasteiger charge is -2.14. The van der Waals surface area contributed by atoms with Crippen LogP contribution in [0.15, 0.2) is 36.4 Å². The van der Waals surface area contributed by atoms with Crippen LogP contribution in [0.4, 0.5) is 4.79 Å². The number of carbonyl (C=O) groups is 1. The van der Waals surface area contributed by atoms with Gasteiger partial charge in [0.15, 0.2) is 0 Å². The zero-order chi connectivity index (χ0) is 21.3.